The lowest BCUT2D eigenvalue weighted by Crippen LogP contribution is -2.48. The molecule has 0 aliphatic carbocycles. The van der Waals surface area contributed by atoms with E-state index in [1.165, 1.54) is 12.1 Å². The molecule has 35 heavy (non-hydrogen) atoms. The molecule has 5 rings (SSSR count). The van der Waals surface area contributed by atoms with Gasteiger partial charge in [0.15, 0.2) is 5.82 Å². The lowest BCUT2D eigenvalue weighted by molar-refractivity contribution is 0.0906. The van der Waals surface area contributed by atoms with Crippen molar-refractivity contribution in [1.82, 2.24) is 25.1 Å². The molecule has 9 nitrogen and oxygen atoms in total. The van der Waals surface area contributed by atoms with Crippen LogP contribution in [-0.2, 0) is 11.3 Å². The number of tetrazole rings is 1. The number of ether oxygens (including phenoxy) is 3. The molecule has 10 heteroatoms. The van der Waals surface area contributed by atoms with Gasteiger partial charge < -0.3 is 19.1 Å². The van der Waals surface area contributed by atoms with Crippen molar-refractivity contribution >= 4 is 5.69 Å². The highest BCUT2D eigenvalue weighted by molar-refractivity contribution is 5.47. The molecule has 0 saturated carbocycles. The first kappa shape index (κ1) is 23.5. The van der Waals surface area contributed by atoms with E-state index in [2.05, 4.69) is 25.3 Å². The third-order valence-electron chi connectivity index (χ3n) is 6.81. The average molecular weight is 483 g/mol. The predicted molar refractivity (Wildman–Crippen MR) is 128 cm³/mol. The van der Waals surface area contributed by atoms with Gasteiger partial charge in [0.1, 0.15) is 23.4 Å². The average Bonchev–Trinajstić information content (AvgIpc) is 3.58. The lowest BCUT2D eigenvalue weighted by atomic mass is 10.0. The molecule has 0 radical (unpaired) electrons. The monoisotopic (exact) mass is 482 g/mol. The maximum absolute atomic E-state index is 13.4. The van der Waals surface area contributed by atoms with Crippen LogP contribution >= 0.6 is 0 Å². The Labute approximate surface area is 204 Å². The van der Waals surface area contributed by atoms with Crippen molar-refractivity contribution in [3.63, 3.8) is 0 Å². The van der Waals surface area contributed by atoms with Crippen molar-refractivity contribution in [2.75, 3.05) is 51.9 Å². The Morgan fingerprint density at radius 3 is 2.54 bits per heavy atom. The molecule has 186 valence electrons. The molecule has 2 unspecified atom stereocenters. The maximum Gasteiger partial charge on any atom is 0.173 e. The molecule has 2 fully saturated rings. The largest absolute Gasteiger partial charge is 0.497 e. The van der Waals surface area contributed by atoms with Crippen LogP contribution in [0, 0.1) is 5.82 Å². The summed E-state index contributed by atoms with van der Waals surface area (Å²) in [5, 5.41) is 12.8. The summed E-state index contributed by atoms with van der Waals surface area (Å²) in [5.74, 6) is 1.99. The Morgan fingerprint density at radius 2 is 1.86 bits per heavy atom. The third-order valence-corrected chi connectivity index (χ3v) is 6.81. The summed E-state index contributed by atoms with van der Waals surface area (Å²) >= 11 is 0. The molecule has 2 aliphatic rings. The van der Waals surface area contributed by atoms with E-state index < -0.39 is 0 Å². The minimum Gasteiger partial charge on any atom is -0.497 e. The van der Waals surface area contributed by atoms with Crippen molar-refractivity contribution in [1.29, 1.82) is 0 Å². The third kappa shape index (κ3) is 5.08. The summed E-state index contributed by atoms with van der Waals surface area (Å²) in [4.78, 5) is 4.65. The summed E-state index contributed by atoms with van der Waals surface area (Å²) in [5.41, 5.74) is 2.00. The number of methoxy groups -OCH3 is 2. The molecule has 2 atom stereocenters. The highest BCUT2D eigenvalue weighted by Gasteiger charge is 2.33. The van der Waals surface area contributed by atoms with Gasteiger partial charge in [0.05, 0.1) is 26.9 Å². The van der Waals surface area contributed by atoms with Gasteiger partial charge in [-0.3, -0.25) is 4.90 Å². The van der Waals surface area contributed by atoms with E-state index in [1.807, 2.05) is 35.0 Å². The van der Waals surface area contributed by atoms with E-state index in [0.717, 1.165) is 74.2 Å². The number of hydrogen-bond acceptors (Lipinski definition) is 8. The van der Waals surface area contributed by atoms with Crippen LogP contribution in [0.4, 0.5) is 10.1 Å². The molecule has 2 aliphatic heterocycles. The quantitative estimate of drug-likeness (QED) is 0.485. The molecule has 0 bridgehead atoms. The van der Waals surface area contributed by atoms with Gasteiger partial charge in [0.2, 0.25) is 0 Å². The lowest BCUT2D eigenvalue weighted by Gasteiger charge is -2.40. The minimum atomic E-state index is -0.225. The summed E-state index contributed by atoms with van der Waals surface area (Å²) in [6, 6.07) is 12.3. The topological polar surface area (TPSA) is 77.8 Å². The number of aromatic nitrogens is 4. The molecule has 3 heterocycles. The Bertz CT molecular complexity index is 1110. The fraction of sp³-hybridized carbons (Fsp3) is 0.480. The standard InChI is InChI=1S/C25H31FN6O3/c1-33-20-9-10-22(23(16-20)34-2)24(25-27-28-29-32(25)17-21-4-3-15-35-21)31-13-11-30(12-14-31)19-7-5-18(26)6-8-19/h5-10,16,21,24H,3-4,11-15,17H2,1-2H3. The van der Waals surface area contributed by atoms with E-state index in [4.69, 9.17) is 14.2 Å². The zero-order chi connectivity index (χ0) is 24.2. The Balaban J connectivity index is 1.45. The first-order valence-electron chi connectivity index (χ1n) is 12.0. The molecule has 2 saturated heterocycles. The van der Waals surface area contributed by atoms with Crippen LogP contribution < -0.4 is 14.4 Å². The van der Waals surface area contributed by atoms with Crippen LogP contribution in [0.3, 0.4) is 0 Å². The number of piperazine rings is 1. The minimum absolute atomic E-state index is 0.117. The van der Waals surface area contributed by atoms with Crippen molar-refractivity contribution in [2.24, 2.45) is 0 Å². The molecule has 0 amide bonds. The van der Waals surface area contributed by atoms with E-state index >= 15 is 0 Å². The van der Waals surface area contributed by atoms with Crippen LogP contribution in [0.5, 0.6) is 11.5 Å². The summed E-state index contributed by atoms with van der Waals surface area (Å²) in [6.07, 6.45) is 2.18. The smallest absolute Gasteiger partial charge is 0.173 e. The van der Waals surface area contributed by atoms with E-state index in [-0.39, 0.29) is 18.0 Å². The van der Waals surface area contributed by atoms with E-state index in [0.29, 0.717) is 6.54 Å². The predicted octanol–water partition coefficient (Wildman–Crippen LogP) is 2.92. The van der Waals surface area contributed by atoms with Gasteiger partial charge in [-0.15, -0.1) is 5.10 Å². The van der Waals surface area contributed by atoms with Gasteiger partial charge in [-0.05, 0) is 59.7 Å². The maximum atomic E-state index is 13.4. The van der Waals surface area contributed by atoms with Gasteiger partial charge in [0.25, 0.3) is 0 Å². The van der Waals surface area contributed by atoms with Crippen LogP contribution in [0.2, 0.25) is 0 Å². The second-order valence-electron chi connectivity index (χ2n) is 8.86. The van der Waals surface area contributed by atoms with Crippen LogP contribution in [0.15, 0.2) is 42.5 Å². The highest BCUT2D eigenvalue weighted by atomic mass is 19.1. The zero-order valence-corrected chi connectivity index (χ0v) is 20.1. The van der Waals surface area contributed by atoms with E-state index in [1.54, 1.807) is 14.2 Å². The van der Waals surface area contributed by atoms with Gasteiger partial charge >= 0.3 is 0 Å². The van der Waals surface area contributed by atoms with Crippen molar-refractivity contribution in [2.45, 2.75) is 31.5 Å². The number of rotatable bonds is 8. The Hall–Kier alpha value is -3.24. The fourth-order valence-corrected chi connectivity index (χ4v) is 4.95. The fourth-order valence-electron chi connectivity index (χ4n) is 4.95. The highest BCUT2D eigenvalue weighted by Crippen LogP contribution is 2.37. The number of hydrogen-bond donors (Lipinski definition) is 0. The van der Waals surface area contributed by atoms with Crippen molar-refractivity contribution in [3.8, 4) is 11.5 Å². The summed E-state index contributed by atoms with van der Waals surface area (Å²) in [6.45, 7) is 4.56. The molecule has 0 spiro atoms. The molecule has 0 N–H and O–H groups in total. The molecule has 2 aromatic carbocycles. The number of nitrogens with zero attached hydrogens (tertiary/aromatic N) is 6. The first-order valence-corrected chi connectivity index (χ1v) is 12.0. The number of benzene rings is 2. The SMILES string of the molecule is COc1ccc(C(c2nnnn2CC2CCCO2)N2CCN(c3ccc(F)cc3)CC2)c(OC)c1. The second kappa shape index (κ2) is 10.6. The molecular weight excluding hydrogens is 451 g/mol. The Morgan fingerprint density at radius 1 is 1.06 bits per heavy atom. The van der Waals surface area contributed by atoms with Crippen LogP contribution in [0.25, 0.3) is 0 Å². The van der Waals surface area contributed by atoms with E-state index in [9.17, 15) is 4.39 Å². The second-order valence-corrected chi connectivity index (χ2v) is 8.86. The molecular formula is C25H31FN6O3. The van der Waals surface area contributed by atoms with Gasteiger partial charge in [0, 0.05) is 50.1 Å². The summed E-state index contributed by atoms with van der Waals surface area (Å²) in [7, 11) is 3.31. The molecule has 1 aromatic heterocycles. The number of halogens is 1. The van der Waals surface area contributed by atoms with Gasteiger partial charge in [-0.1, -0.05) is 0 Å². The summed E-state index contributed by atoms with van der Waals surface area (Å²) < 4.78 is 32.3. The van der Waals surface area contributed by atoms with Gasteiger partial charge in [-0.2, -0.15) is 0 Å². The number of anilines is 1. The zero-order valence-electron chi connectivity index (χ0n) is 20.1. The van der Waals surface area contributed by atoms with Gasteiger partial charge in [-0.25, -0.2) is 9.07 Å². The van der Waals surface area contributed by atoms with Crippen molar-refractivity contribution < 1.29 is 18.6 Å². The first-order chi connectivity index (χ1) is 17.2. The normalized spacial score (nSPS) is 19.6. The Kier molecular flexibility index (Phi) is 7.10. The molecule has 3 aromatic rings. The van der Waals surface area contributed by atoms with Crippen LogP contribution in [-0.4, -0.2) is 78.2 Å². The van der Waals surface area contributed by atoms with Crippen molar-refractivity contribution in [3.05, 3.63) is 59.7 Å². The van der Waals surface area contributed by atoms with Crippen LogP contribution in [0.1, 0.15) is 30.3 Å².